The second-order valence-corrected chi connectivity index (χ2v) is 5.68. The molecule has 3 rings (SSSR count). The van der Waals surface area contributed by atoms with Crippen LogP contribution in [0.3, 0.4) is 0 Å². The van der Waals surface area contributed by atoms with Crippen LogP contribution in [-0.4, -0.2) is 55.4 Å². The number of halogens is 1. The summed E-state index contributed by atoms with van der Waals surface area (Å²) in [6.07, 6.45) is 1.51. The molecule has 138 valence electrons. The number of benzene rings is 1. The zero-order chi connectivity index (χ0) is 18.2. The van der Waals surface area contributed by atoms with Crippen molar-refractivity contribution in [3.8, 4) is 0 Å². The van der Waals surface area contributed by atoms with Gasteiger partial charge in [-0.25, -0.2) is 19.2 Å². The van der Waals surface area contributed by atoms with Gasteiger partial charge in [-0.1, -0.05) is 6.07 Å². The Morgan fingerprint density at radius 3 is 2.85 bits per heavy atom. The first-order valence-electron chi connectivity index (χ1n) is 8.40. The summed E-state index contributed by atoms with van der Waals surface area (Å²) in [5.74, 6) is 1.14. The highest BCUT2D eigenvalue weighted by molar-refractivity contribution is 5.89. The van der Waals surface area contributed by atoms with Gasteiger partial charge < -0.3 is 25.6 Å². The molecule has 1 fully saturated rings. The molecular formula is C17H21FN6O2. The van der Waals surface area contributed by atoms with Crippen LogP contribution in [0, 0.1) is 5.82 Å². The first-order valence-corrected chi connectivity index (χ1v) is 8.40. The van der Waals surface area contributed by atoms with Crippen molar-refractivity contribution in [2.45, 2.75) is 0 Å². The molecule has 1 saturated heterocycles. The van der Waals surface area contributed by atoms with Crippen molar-refractivity contribution in [3.05, 3.63) is 42.5 Å². The number of anilines is 3. The smallest absolute Gasteiger partial charge is 0.319 e. The molecule has 0 unspecified atom stereocenters. The highest BCUT2D eigenvalue weighted by atomic mass is 19.1. The molecule has 9 heteroatoms. The molecule has 0 radical (unpaired) electrons. The summed E-state index contributed by atoms with van der Waals surface area (Å²) in [7, 11) is 0. The zero-order valence-electron chi connectivity index (χ0n) is 14.2. The predicted octanol–water partition coefficient (Wildman–Crippen LogP) is 1.69. The monoisotopic (exact) mass is 360 g/mol. The summed E-state index contributed by atoms with van der Waals surface area (Å²) >= 11 is 0. The summed E-state index contributed by atoms with van der Waals surface area (Å²) in [6, 6.07) is 7.21. The minimum atomic E-state index is -0.399. The van der Waals surface area contributed by atoms with E-state index >= 15 is 0 Å². The highest BCUT2D eigenvalue weighted by Crippen LogP contribution is 2.15. The number of morpholine rings is 1. The second-order valence-electron chi connectivity index (χ2n) is 5.68. The molecule has 0 saturated carbocycles. The number of hydrogen-bond acceptors (Lipinski definition) is 6. The number of urea groups is 1. The number of carbonyl (C=O) groups excluding carboxylic acids is 1. The molecule has 2 amide bonds. The maximum atomic E-state index is 13.1. The van der Waals surface area contributed by atoms with Gasteiger partial charge >= 0.3 is 6.03 Å². The van der Waals surface area contributed by atoms with Crippen LogP contribution in [0.2, 0.25) is 0 Å². The molecule has 1 aliphatic rings. The minimum Gasteiger partial charge on any atom is -0.378 e. The molecule has 0 atom stereocenters. The minimum absolute atomic E-state index is 0.387. The SMILES string of the molecule is O=C(NCCNc1cc(N2CCOCC2)ncn1)Nc1cccc(F)c1. The molecule has 0 aliphatic carbocycles. The van der Waals surface area contributed by atoms with Gasteiger partial charge in [-0.2, -0.15) is 0 Å². The van der Waals surface area contributed by atoms with Crippen LogP contribution >= 0.6 is 0 Å². The third-order valence-electron chi connectivity index (χ3n) is 3.79. The van der Waals surface area contributed by atoms with Crippen molar-refractivity contribution < 1.29 is 13.9 Å². The lowest BCUT2D eigenvalue weighted by molar-refractivity contribution is 0.122. The Hall–Kier alpha value is -2.94. The highest BCUT2D eigenvalue weighted by Gasteiger charge is 2.12. The van der Waals surface area contributed by atoms with Crippen LogP contribution in [0.5, 0.6) is 0 Å². The van der Waals surface area contributed by atoms with Gasteiger partial charge in [-0.05, 0) is 18.2 Å². The predicted molar refractivity (Wildman–Crippen MR) is 97.0 cm³/mol. The van der Waals surface area contributed by atoms with E-state index in [0.717, 1.165) is 18.9 Å². The van der Waals surface area contributed by atoms with E-state index in [1.54, 1.807) is 6.07 Å². The molecule has 26 heavy (non-hydrogen) atoms. The first-order chi connectivity index (χ1) is 12.7. The summed E-state index contributed by atoms with van der Waals surface area (Å²) < 4.78 is 18.4. The summed E-state index contributed by atoms with van der Waals surface area (Å²) in [6.45, 7) is 3.87. The van der Waals surface area contributed by atoms with E-state index in [2.05, 4.69) is 30.8 Å². The average Bonchev–Trinajstić information content (AvgIpc) is 2.66. The Labute approximate surface area is 150 Å². The lowest BCUT2D eigenvalue weighted by Gasteiger charge is -2.27. The fourth-order valence-corrected chi connectivity index (χ4v) is 2.52. The van der Waals surface area contributed by atoms with Crippen molar-refractivity contribution in [1.82, 2.24) is 15.3 Å². The Kier molecular flexibility index (Phi) is 6.15. The molecule has 1 aliphatic heterocycles. The Morgan fingerprint density at radius 2 is 2.04 bits per heavy atom. The summed E-state index contributed by atoms with van der Waals surface area (Å²) in [5, 5.41) is 8.41. The number of nitrogens with zero attached hydrogens (tertiary/aromatic N) is 3. The summed E-state index contributed by atoms with van der Waals surface area (Å²) in [4.78, 5) is 22.4. The molecule has 1 aromatic carbocycles. The van der Waals surface area contributed by atoms with Crippen LogP contribution in [0.25, 0.3) is 0 Å². The van der Waals surface area contributed by atoms with Crippen molar-refractivity contribution in [2.24, 2.45) is 0 Å². The van der Waals surface area contributed by atoms with E-state index in [1.165, 1.54) is 24.5 Å². The van der Waals surface area contributed by atoms with Gasteiger partial charge in [0, 0.05) is 37.9 Å². The van der Waals surface area contributed by atoms with E-state index < -0.39 is 11.8 Å². The third-order valence-corrected chi connectivity index (χ3v) is 3.79. The van der Waals surface area contributed by atoms with Gasteiger partial charge in [-0.3, -0.25) is 0 Å². The van der Waals surface area contributed by atoms with Gasteiger partial charge in [0.15, 0.2) is 0 Å². The van der Waals surface area contributed by atoms with Crippen LogP contribution < -0.4 is 20.9 Å². The van der Waals surface area contributed by atoms with Crippen molar-refractivity contribution in [3.63, 3.8) is 0 Å². The molecule has 2 heterocycles. The van der Waals surface area contributed by atoms with E-state index in [9.17, 15) is 9.18 Å². The lowest BCUT2D eigenvalue weighted by atomic mass is 10.3. The summed E-state index contributed by atoms with van der Waals surface area (Å²) in [5.41, 5.74) is 0.404. The normalized spacial score (nSPS) is 14.0. The maximum absolute atomic E-state index is 13.1. The van der Waals surface area contributed by atoms with Crippen molar-refractivity contribution in [1.29, 1.82) is 0 Å². The molecule has 0 spiro atoms. The van der Waals surface area contributed by atoms with Gasteiger partial charge in [0.1, 0.15) is 23.8 Å². The fraction of sp³-hybridized carbons (Fsp3) is 0.353. The number of rotatable bonds is 6. The van der Waals surface area contributed by atoms with Gasteiger partial charge in [-0.15, -0.1) is 0 Å². The third kappa shape index (κ3) is 5.28. The van der Waals surface area contributed by atoms with E-state index in [0.29, 0.717) is 37.8 Å². The Bertz CT molecular complexity index is 739. The van der Waals surface area contributed by atoms with Gasteiger partial charge in [0.05, 0.1) is 13.2 Å². The van der Waals surface area contributed by atoms with E-state index in [-0.39, 0.29) is 0 Å². The number of aromatic nitrogens is 2. The van der Waals surface area contributed by atoms with Crippen LogP contribution in [-0.2, 0) is 4.74 Å². The molecule has 1 aromatic heterocycles. The topological polar surface area (TPSA) is 91.4 Å². The van der Waals surface area contributed by atoms with Gasteiger partial charge in [0.2, 0.25) is 0 Å². The standard InChI is InChI=1S/C17H21FN6O2/c18-13-2-1-3-14(10-13)23-17(25)20-5-4-19-15-11-16(22-12-21-15)24-6-8-26-9-7-24/h1-3,10-12H,4-9H2,(H,19,21,22)(H2,20,23,25). The first kappa shape index (κ1) is 17.9. The number of nitrogens with one attached hydrogen (secondary N) is 3. The van der Waals surface area contributed by atoms with Crippen molar-refractivity contribution >= 4 is 23.4 Å². The quantitative estimate of drug-likeness (QED) is 0.679. The molecular weight excluding hydrogens is 339 g/mol. The molecule has 0 bridgehead atoms. The average molecular weight is 360 g/mol. The van der Waals surface area contributed by atoms with Crippen molar-refractivity contribution in [2.75, 3.05) is 54.9 Å². The van der Waals surface area contributed by atoms with Crippen LogP contribution in [0.4, 0.5) is 26.5 Å². The second kappa shape index (κ2) is 8.95. The fourth-order valence-electron chi connectivity index (χ4n) is 2.52. The maximum Gasteiger partial charge on any atom is 0.319 e. The van der Waals surface area contributed by atoms with Crippen LogP contribution in [0.1, 0.15) is 0 Å². The number of carbonyl (C=O) groups is 1. The Morgan fingerprint density at radius 1 is 1.19 bits per heavy atom. The van der Waals surface area contributed by atoms with E-state index in [1.807, 2.05) is 6.07 Å². The zero-order valence-corrected chi connectivity index (χ0v) is 14.2. The Balaban J connectivity index is 1.41. The van der Waals surface area contributed by atoms with Crippen LogP contribution in [0.15, 0.2) is 36.7 Å². The molecule has 3 N–H and O–H groups in total. The van der Waals surface area contributed by atoms with Gasteiger partial charge in [0.25, 0.3) is 0 Å². The number of hydrogen-bond donors (Lipinski definition) is 3. The number of ether oxygens (including phenoxy) is 1. The number of amides is 2. The lowest BCUT2D eigenvalue weighted by Crippen LogP contribution is -2.36. The largest absolute Gasteiger partial charge is 0.378 e. The van der Waals surface area contributed by atoms with E-state index in [4.69, 9.17) is 4.74 Å². The molecule has 2 aromatic rings. The molecule has 8 nitrogen and oxygen atoms in total.